The SMILES string of the molecule is CCCCCCCCCCCCN[C@H](CC(=O)[O-])C(=O)[O-].[Ca+2]. The van der Waals surface area contributed by atoms with Gasteiger partial charge in [0.1, 0.15) is 0 Å². The molecule has 0 rings (SSSR count). The fraction of sp³-hybridized carbons (Fsp3) is 0.875. The summed E-state index contributed by atoms with van der Waals surface area (Å²) >= 11 is 0. The third kappa shape index (κ3) is 16.5. The van der Waals surface area contributed by atoms with Crippen molar-refractivity contribution in [3.63, 3.8) is 0 Å². The van der Waals surface area contributed by atoms with Crippen LogP contribution in [-0.2, 0) is 9.59 Å². The molecule has 0 aliphatic carbocycles. The smallest absolute Gasteiger partial charge is 0.550 e. The van der Waals surface area contributed by atoms with Crippen LogP contribution in [-0.4, -0.2) is 62.3 Å². The van der Waals surface area contributed by atoms with Crippen LogP contribution in [0.25, 0.3) is 0 Å². The summed E-state index contributed by atoms with van der Waals surface area (Å²) in [5.41, 5.74) is 0. The standard InChI is InChI=1S/C16H31NO4.Ca/c1-2-3-4-5-6-7-8-9-10-11-12-17-14(16(20)21)13-15(18)19;/h14,17H,2-13H2,1H3,(H,18,19)(H,20,21);/q;+2/p-2/t14-;/m1./s1. The molecule has 0 fully saturated rings. The summed E-state index contributed by atoms with van der Waals surface area (Å²) in [4.78, 5) is 21.1. The number of hydrogen-bond acceptors (Lipinski definition) is 5. The van der Waals surface area contributed by atoms with E-state index in [4.69, 9.17) is 0 Å². The molecular weight excluding hydrogens is 310 g/mol. The molecular formula is C16H29CaNO4. The summed E-state index contributed by atoms with van der Waals surface area (Å²) in [6.07, 6.45) is 11.5. The first-order chi connectivity index (χ1) is 10.1. The van der Waals surface area contributed by atoms with Crippen LogP contribution in [0.1, 0.15) is 77.6 Å². The van der Waals surface area contributed by atoms with E-state index in [1.165, 1.54) is 44.9 Å². The molecule has 0 aromatic rings. The summed E-state index contributed by atoms with van der Waals surface area (Å²) in [7, 11) is 0. The average Bonchev–Trinajstić information content (AvgIpc) is 2.42. The van der Waals surface area contributed by atoms with Crippen molar-refractivity contribution in [1.29, 1.82) is 0 Å². The number of carboxylic acids is 2. The zero-order valence-corrected chi connectivity index (χ0v) is 16.1. The molecule has 0 saturated carbocycles. The van der Waals surface area contributed by atoms with Gasteiger partial charge >= 0.3 is 37.7 Å². The molecule has 0 unspecified atom stereocenters. The van der Waals surface area contributed by atoms with Crippen LogP contribution in [0.15, 0.2) is 0 Å². The van der Waals surface area contributed by atoms with E-state index in [0.29, 0.717) is 6.54 Å². The van der Waals surface area contributed by atoms with Gasteiger partial charge in [0.15, 0.2) is 0 Å². The molecule has 1 N–H and O–H groups in total. The maximum atomic E-state index is 10.7. The fourth-order valence-electron chi connectivity index (χ4n) is 2.29. The quantitative estimate of drug-likeness (QED) is 0.344. The Morgan fingerprint density at radius 3 is 1.73 bits per heavy atom. The molecule has 0 aliphatic rings. The summed E-state index contributed by atoms with van der Waals surface area (Å²) < 4.78 is 0. The van der Waals surface area contributed by atoms with Gasteiger partial charge in [-0.15, -0.1) is 0 Å². The first-order valence-electron chi connectivity index (χ1n) is 8.22. The minimum atomic E-state index is -1.38. The fourth-order valence-corrected chi connectivity index (χ4v) is 2.29. The molecule has 0 bridgehead atoms. The van der Waals surface area contributed by atoms with Crippen molar-refractivity contribution in [3.05, 3.63) is 0 Å². The van der Waals surface area contributed by atoms with Crippen LogP contribution in [0.4, 0.5) is 0 Å². The number of carbonyl (C=O) groups excluding carboxylic acids is 2. The molecule has 0 aromatic heterocycles. The van der Waals surface area contributed by atoms with Gasteiger partial charge in [-0.3, -0.25) is 0 Å². The van der Waals surface area contributed by atoms with Gasteiger partial charge in [0.25, 0.3) is 0 Å². The first-order valence-corrected chi connectivity index (χ1v) is 8.22. The molecule has 0 amide bonds. The van der Waals surface area contributed by atoms with E-state index in [2.05, 4.69) is 12.2 Å². The second-order valence-corrected chi connectivity index (χ2v) is 5.58. The molecule has 0 aliphatic heterocycles. The Kier molecular flexibility index (Phi) is 19.4. The Morgan fingerprint density at radius 2 is 1.32 bits per heavy atom. The Bertz CT molecular complexity index is 287. The normalized spacial score (nSPS) is 11.7. The molecule has 5 nitrogen and oxygen atoms in total. The van der Waals surface area contributed by atoms with E-state index in [1.807, 2.05) is 0 Å². The number of carboxylic acid groups (broad SMARTS) is 2. The number of rotatable bonds is 15. The van der Waals surface area contributed by atoms with Crippen LogP contribution in [0.3, 0.4) is 0 Å². The minimum Gasteiger partial charge on any atom is -0.550 e. The van der Waals surface area contributed by atoms with Crippen LogP contribution in [0.2, 0.25) is 0 Å². The summed E-state index contributed by atoms with van der Waals surface area (Å²) in [6.45, 7) is 2.72. The van der Waals surface area contributed by atoms with Crippen molar-refractivity contribution in [1.82, 2.24) is 5.32 Å². The molecule has 0 aromatic carbocycles. The molecule has 1 atom stereocenters. The first kappa shape index (κ1) is 24.4. The van der Waals surface area contributed by atoms with Gasteiger partial charge in [-0.2, -0.15) is 0 Å². The van der Waals surface area contributed by atoms with Gasteiger partial charge < -0.3 is 25.1 Å². The van der Waals surface area contributed by atoms with Crippen molar-refractivity contribution in [2.75, 3.05) is 6.54 Å². The molecule has 0 spiro atoms. The maximum Gasteiger partial charge on any atom is 2.00 e. The average molecular weight is 339 g/mol. The van der Waals surface area contributed by atoms with Gasteiger partial charge in [-0.25, -0.2) is 0 Å². The topological polar surface area (TPSA) is 92.3 Å². The zero-order valence-electron chi connectivity index (χ0n) is 13.9. The summed E-state index contributed by atoms with van der Waals surface area (Å²) in [5.74, 6) is -2.76. The molecule has 0 saturated heterocycles. The molecule has 6 heteroatoms. The van der Waals surface area contributed by atoms with Gasteiger partial charge in [-0.05, 0) is 13.0 Å². The second kappa shape index (κ2) is 17.5. The Labute approximate surface area is 164 Å². The molecule has 124 valence electrons. The number of carbonyl (C=O) groups is 2. The Morgan fingerprint density at radius 1 is 0.864 bits per heavy atom. The van der Waals surface area contributed by atoms with Crippen LogP contribution in [0.5, 0.6) is 0 Å². The number of aliphatic carboxylic acids is 2. The Hall–Kier alpha value is 0.160. The van der Waals surface area contributed by atoms with Gasteiger partial charge in [0.05, 0.1) is 12.0 Å². The van der Waals surface area contributed by atoms with Gasteiger partial charge in [0.2, 0.25) is 0 Å². The van der Waals surface area contributed by atoms with Crippen molar-refractivity contribution < 1.29 is 19.8 Å². The number of nitrogens with one attached hydrogen (secondary N) is 1. The van der Waals surface area contributed by atoms with Crippen LogP contribution < -0.4 is 15.5 Å². The molecule has 22 heavy (non-hydrogen) atoms. The predicted octanol–water partition coefficient (Wildman–Crippen LogP) is 0.375. The zero-order chi connectivity index (χ0) is 15.9. The van der Waals surface area contributed by atoms with E-state index < -0.39 is 24.4 Å². The van der Waals surface area contributed by atoms with Crippen molar-refractivity contribution in [2.45, 2.75) is 83.6 Å². The van der Waals surface area contributed by atoms with Crippen molar-refractivity contribution in [3.8, 4) is 0 Å². The van der Waals surface area contributed by atoms with Gasteiger partial charge in [0, 0.05) is 12.4 Å². The van der Waals surface area contributed by atoms with Crippen LogP contribution >= 0.6 is 0 Å². The molecule has 0 radical (unpaired) electrons. The van der Waals surface area contributed by atoms with Crippen molar-refractivity contribution >= 4 is 49.7 Å². The van der Waals surface area contributed by atoms with E-state index >= 15 is 0 Å². The largest absolute Gasteiger partial charge is 2.00 e. The van der Waals surface area contributed by atoms with Crippen LogP contribution in [0, 0.1) is 0 Å². The minimum absolute atomic E-state index is 0. The van der Waals surface area contributed by atoms with E-state index in [9.17, 15) is 19.8 Å². The monoisotopic (exact) mass is 339 g/mol. The molecule has 0 heterocycles. The van der Waals surface area contributed by atoms with Crippen molar-refractivity contribution in [2.24, 2.45) is 0 Å². The summed E-state index contributed by atoms with van der Waals surface area (Å²) in [6, 6.07) is -1.14. The predicted molar refractivity (Wildman–Crippen MR) is 84.0 cm³/mol. The third-order valence-electron chi connectivity index (χ3n) is 3.58. The second-order valence-electron chi connectivity index (χ2n) is 5.58. The summed E-state index contributed by atoms with van der Waals surface area (Å²) in [5, 5.41) is 23.7. The van der Waals surface area contributed by atoms with E-state index in [0.717, 1.165) is 19.3 Å². The van der Waals surface area contributed by atoms with E-state index in [-0.39, 0.29) is 37.7 Å². The van der Waals surface area contributed by atoms with Gasteiger partial charge in [-0.1, -0.05) is 64.7 Å². The Balaban J connectivity index is 0. The number of unbranched alkanes of at least 4 members (excludes halogenated alkanes) is 9. The maximum absolute atomic E-state index is 10.7. The third-order valence-corrected chi connectivity index (χ3v) is 3.58. The number of hydrogen-bond donors (Lipinski definition) is 1. The van der Waals surface area contributed by atoms with E-state index in [1.54, 1.807) is 0 Å².